The Balaban J connectivity index is 2.30. The maximum absolute atomic E-state index is 5.49. The van der Waals surface area contributed by atoms with Crippen molar-refractivity contribution in [1.82, 2.24) is 5.32 Å². The summed E-state index contributed by atoms with van der Waals surface area (Å²) in [5.41, 5.74) is 1.30. The van der Waals surface area contributed by atoms with Crippen molar-refractivity contribution in [3.63, 3.8) is 0 Å². The predicted octanol–water partition coefficient (Wildman–Crippen LogP) is 2.56. The van der Waals surface area contributed by atoms with Gasteiger partial charge in [-0.1, -0.05) is 13.0 Å². The molecule has 1 fully saturated rings. The minimum atomic E-state index is 0.556. The van der Waals surface area contributed by atoms with Crippen molar-refractivity contribution in [2.75, 3.05) is 20.8 Å². The molecule has 2 unspecified atom stereocenters. The van der Waals surface area contributed by atoms with Crippen LogP contribution in [-0.2, 0) is 0 Å². The number of benzene rings is 1. The fraction of sp³-hybridized carbons (Fsp3) is 0.571. The molecule has 0 aliphatic carbocycles. The van der Waals surface area contributed by atoms with Crippen molar-refractivity contribution in [3.05, 3.63) is 23.8 Å². The molecule has 1 aliphatic rings. The first kappa shape index (κ1) is 12.2. The van der Waals surface area contributed by atoms with Gasteiger partial charge in [-0.05, 0) is 31.0 Å². The second-order valence-electron chi connectivity index (χ2n) is 4.47. The minimum Gasteiger partial charge on any atom is -0.497 e. The van der Waals surface area contributed by atoms with E-state index in [1.54, 1.807) is 14.2 Å². The third-order valence-electron chi connectivity index (χ3n) is 3.63. The average molecular weight is 235 g/mol. The number of hydrogen-bond donors (Lipinski definition) is 1. The van der Waals surface area contributed by atoms with E-state index in [2.05, 4.69) is 18.3 Å². The fourth-order valence-electron chi connectivity index (χ4n) is 2.69. The fourth-order valence-corrected chi connectivity index (χ4v) is 2.69. The van der Waals surface area contributed by atoms with Gasteiger partial charge in [0.1, 0.15) is 11.5 Å². The van der Waals surface area contributed by atoms with Crippen LogP contribution >= 0.6 is 0 Å². The maximum Gasteiger partial charge on any atom is 0.126 e. The zero-order chi connectivity index (χ0) is 12.3. The molecule has 1 heterocycles. The van der Waals surface area contributed by atoms with Crippen LogP contribution in [0.15, 0.2) is 18.2 Å². The molecule has 2 rings (SSSR count). The number of methoxy groups -OCH3 is 2. The zero-order valence-electron chi connectivity index (χ0n) is 10.8. The summed E-state index contributed by atoms with van der Waals surface area (Å²) in [5, 5.41) is 3.55. The van der Waals surface area contributed by atoms with E-state index in [9.17, 15) is 0 Å². The molecule has 2 atom stereocenters. The highest BCUT2D eigenvalue weighted by Gasteiger charge is 2.28. The van der Waals surface area contributed by atoms with Crippen LogP contribution in [0.25, 0.3) is 0 Å². The Morgan fingerprint density at radius 2 is 2.12 bits per heavy atom. The van der Waals surface area contributed by atoms with Gasteiger partial charge < -0.3 is 14.8 Å². The summed E-state index contributed by atoms with van der Waals surface area (Å²) in [4.78, 5) is 0. The van der Waals surface area contributed by atoms with Crippen LogP contribution in [0.5, 0.6) is 11.5 Å². The van der Waals surface area contributed by atoms with Crippen molar-refractivity contribution >= 4 is 0 Å². The molecular formula is C14H21NO2. The van der Waals surface area contributed by atoms with E-state index >= 15 is 0 Å². The summed E-state index contributed by atoms with van der Waals surface area (Å²) in [6, 6.07) is 6.69. The average Bonchev–Trinajstić information content (AvgIpc) is 2.85. The van der Waals surface area contributed by atoms with Crippen molar-refractivity contribution in [2.45, 2.75) is 31.7 Å². The largest absolute Gasteiger partial charge is 0.497 e. The standard InChI is InChI=1S/C14H21NO2/c1-4-13-11(7-8-15-13)12-6-5-10(16-2)9-14(12)17-3/h5-6,9,11,13,15H,4,7-8H2,1-3H3. The summed E-state index contributed by atoms with van der Waals surface area (Å²) < 4.78 is 10.7. The Hall–Kier alpha value is -1.22. The van der Waals surface area contributed by atoms with Crippen LogP contribution in [0.4, 0.5) is 0 Å². The number of hydrogen-bond acceptors (Lipinski definition) is 3. The van der Waals surface area contributed by atoms with E-state index in [0.717, 1.165) is 24.5 Å². The first-order valence-corrected chi connectivity index (χ1v) is 6.25. The van der Waals surface area contributed by atoms with Gasteiger partial charge in [0, 0.05) is 18.0 Å². The molecule has 3 nitrogen and oxygen atoms in total. The normalized spacial score (nSPS) is 23.7. The molecule has 1 saturated heterocycles. The lowest BCUT2D eigenvalue weighted by molar-refractivity contribution is 0.385. The zero-order valence-corrected chi connectivity index (χ0v) is 10.8. The van der Waals surface area contributed by atoms with E-state index in [-0.39, 0.29) is 0 Å². The van der Waals surface area contributed by atoms with Crippen LogP contribution < -0.4 is 14.8 Å². The van der Waals surface area contributed by atoms with E-state index < -0.39 is 0 Å². The van der Waals surface area contributed by atoms with Crippen molar-refractivity contribution in [3.8, 4) is 11.5 Å². The molecule has 0 bridgehead atoms. The van der Waals surface area contributed by atoms with Gasteiger partial charge >= 0.3 is 0 Å². The molecule has 17 heavy (non-hydrogen) atoms. The van der Waals surface area contributed by atoms with Gasteiger partial charge in [0.05, 0.1) is 14.2 Å². The Morgan fingerprint density at radius 3 is 2.76 bits per heavy atom. The first-order valence-electron chi connectivity index (χ1n) is 6.25. The molecule has 0 amide bonds. The lowest BCUT2D eigenvalue weighted by Crippen LogP contribution is -2.24. The highest BCUT2D eigenvalue weighted by atomic mass is 16.5. The van der Waals surface area contributed by atoms with Gasteiger partial charge in [-0.25, -0.2) is 0 Å². The quantitative estimate of drug-likeness (QED) is 0.870. The van der Waals surface area contributed by atoms with Crippen LogP contribution in [0.3, 0.4) is 0 Å². The number of rotatable bonds is 4. The van der Waals surface area contributed by atoms with E-state index in [1.165, 1.54) is 12.0 Å². The third-order valence-corrected chi connectivity index (χ3v) is 3.63. The minimum absolute atomic E-state index is 0.556. The van der Waals surface area contributed by atoms with Crippen LogP contribution in [-0.4, -0.2) is 26.8 Å². The highest BCUT2D eigenvalue weighted by molar-refractivity contribution is 5.43. The summed E-state index contributed by atoms with van der Waals surface area (Å²) in [6.45, 7) is 3.32. The number of nitrogens with one attached hydrogen (secondary N) is 1. The second-order valence-corrected chi connectivity index (χ2v) is 4.47. The summed E-state index contributed by atoms with van der Waals surface area (Å²) in [6.07, 6.45) is 2.33. The van der Waals surface area contributed by atoms with Gasteiger partial charge in [-0.15, -0.1) is 0 Å². The molecule has 1 aliphatic heterocycles. The highest BCUT2D eigenvalue weighted by Crippen LogP contribution is 2.37. The predicted molar refractivity (Wildman–Crippen MR) is 69.0 cm³/mol. The summed E-state index contributed by atoms with van der Waals surface area (Å²) in [7, 11) is 3.40. The first-order chi connectivity index (χ1) is 8.30. The summed E-state index contributed by atoms with van der Waals surface area (Å²) >= 11 is 0. The molecule has 1 aromatic rings. The molecule has 1 N–H and O–H groups in total. The lowest BCUT2D eigenvalue weighted by atomic mass is 9.90. The topological polar surface area (TPSA) is 30.5 Å². The van der Waals surface area contributed by atoms with Crippen molar-refractivity contribution in [1.29, 1.82) is 0 Å². The SMILES string of the molecule is CCC1NCCC1c1ccc(OC)cc1OC. The number of ether oxygens (including phenoxy) is 2. The Kier molecular flexibility index (Phi) is 3.89. The van der Waals surface area contributed by atoms with Gasteiger partial charge in [-0.2, -0.15) is 0 Å². The third kappa shape index (κ3) is 2.39. The van der Waals surface area contributed by atoms with Crippen LogP contribution in [0.2, 0.25) is 0 Å². The van der Waals surface area contributed by atoms with E-state index in [4.69, 9.17) is 9.47 Å². The van der Waals surface area contributed by atoms with Crippen molar-refractivity contribution in [2.24, 2.45) is 0 Å². The van der Waals surface area contributed by atoms with E-state index in [0.29, 0.717) is 12.0 Å². The van der Waals surface area contributed by atoms with Gasteiger partial charge in [0.2, 0.25) is 0 Å². The van der Waals surface area contributed by atoms with E-state index in [1.807, 2.05) is 12.1 Å². The van der Waals surface area contributed by atoms with Crippen LogP contribution in [0.1, 0.15) is 31.2 Å². The summed E-state index contributed by atoms with van der Waals surface area (Å²) in [5.74, 6) is 2.35. The molecule has 1 aromatic carbocycles. The molecule has 0 aromatic heterocycles. The van der Waals surface area contributed by atoms with Crippen molar-refractivity contribution < 1.29 is 9.47 Å². The second kappa shape index (κ2) is 5.41. The molecule has 3 heteroatoms. The van der Waals surface area contributed by atoms with Crippen LogP contribution in [0, 0.1) is 0 Å². The Morgan fingerprint density at radius 1 is 1.29 bits per heavy atom. The molecular weight excluding hydrogens is 214 g/mol. The maximum atomic E-state index is 5.49. The Labute approximate surface area is 103 Å². The molecule has 0 saturated carbocycles. The van der Waals surface area contributed by atoms with Gasteiger partial charge in [-0.3, -0.25) is 0 Å². The smallest absolute Gasteiger partial charge is 0.126 e. The van der Waals surface area contributed by atoms with Gasteiger partial charge in [0.15, 0.2) is 0 Å². The van der Waals surface area contributed by atoms with Gasteiger partial charge in [0.25, 0.3) is 0 Å². The monoisotopic (exact) mass is 235 g/mol. The molecule has 0 spiro atoms. The molecule has 94 valence electrons. The Bertz CT molecular complexity index is 378. The molecule has 0 radical (unpaired) electrons. The lowest BCUT2D eigenvalue weighted by Gasteiger charge is -2.21.